The van der Waals surface area contributed by atoms with Gasteiger partial charge in [-0.25, -0.2) is 0 Å². The number of halogens is 1. The van der Waals surface area contributed by atoms with Gasteiger partial charge in [0.15, 0.2) is 0 Å². The fraction of sp³-hybridized carbons (Fsp3) is 0.500. The lowest BCUT2D eigenvalue weighted by molar-refractivity contribution is -0.122. The molecule has 1 aromatic carbocycles. The van der Waals surface area contributed by atoms with E-state index in [1.54, 1.807) is 7.05 Å². The van der Waals surface area contributed by atoms with Gasteiger partial charge in [0.25, 0.3) is 0 Å². The summed E-state index contributed by atoms with van der Waals surface area (Å²) in [4.78, 5) is 14.2. The highest BCUT2D eigenvalue weighted by Crippen LogP contribution is 2.31. The summed E-state index contributed by atoms with van der Waals surface area (Å²) >= 11 is 6.20. The van der Waals surface area contributed by atoms with Crippen LogP contribution in [0.5, 0.6) is 0 Å². The van der Waals surface area contributed by atoms with E-state index in [0.717, 1.165) is 37.1 Å². The van der Waals surface area contributed by atoms with Crippen molar-refractivity contribution in [1.29, 1.82) is 0 Å². The maximum Gasteiger partial charge on any atom is 0.242 e. The summed E-state index contributed by atoms with van der Waals surface area (Å²) in [5, 5.41) is 3.41. The van der Waals surface area contributed by atoms with Crippen LogP contribution in [0.2, 0.25) is 5.02 Å². The van der Waals surface area contributed by atoms with Crippen LogP contribution in [-0.4, -0.2) is 25.5 Å². The van der Waals surface area contributed by atoms with E-state index in [9.17, 15) is 4.79 Å². The summed E-state index contributed by atoms with van der Waals surface area (Å²) in [6.07, 6.45) is 3.04. The number of rotatable bonds is 3. The van der Waals surface area contributed by atoms with Gasteiger partial charge in [-0.3, -0.25) is 4.79 Å². The molecule has 19 heavy (non-hydrogen) atoms. The summed E-state index contributed by atoms with van der Waals surface area (Å²) in [5.74, 6) is 0.0580. The minimum absolute atomic E-state index is 0.0580. The number of carbonyl (C=O) groups excluding carboxylic acids is 1. The lowest BCUT2D eigenvalue weighted by Gasteiger charge is -2.37. The van der Waals surface area contributed by atoms with Crippen molar-refractivity contribution in [2.45, 2.75) is 31.8 Å². The van der Waals surface area contributed by atoms with Gasteiger partial charge in [0, 0.05) is 36.4 Å². The van der Waals surface area contributed by atoms with E-state index < -0.39 is 0 Å². The van der Waals surface area contributed by atoms with Crippen molar-refractivity contribution in [2.24, 2.45) is 5.73 Å². The van der Waals surface area contributed by atoms with Gasteiger partial charge in [-0.2, -0.15) is 0 Å². The molecule has 0 saturated carbocycles. The molecule has 104 valence electrons. The molecule has 5 heteroatoms. The molecule has 1 aliphatic rings. The molecule has 1 unspecified atom stereocenters. The number of anilines is 1. The molecule has 1 aliphatic heterocycles. The monoisotopic (exact) mass is 281 g/mol. The Morgan fingerprint density at radius 1 is 1.53 bits per heavy atom. The molecule has 4 nitrogen and oxygen atoms in total. The van der Waals surface area contributed by atoms with E-state index >= 15 is 0 Å². The van der Waals surface area contributed by atoms with Crippen LogP contribution < -0.4 is 16.0 Å². The molecule has 0 aromatic heterocycles. The van der Waals surface area contributed by atoms with E-state index in [-0.39, 0.29) is 11.9 Å². The molecule has 1 heterocycles. The fourth-order valence-corrected chi connectivity index (χ4v) is 2.92. The summed E-state index contributed by atoms with van der Waals surface area (Å²) in [6, 6.07) is 5.62. The number of likely N-dealkylation sites (N-methyl/N-ethyl adjacent to an activating group) is 1. The molecule has 0 bridgehead atoms. The van der Waals surface area contributed by atoms with Crippen molar-refractivity contribution in [1.82, 2.24) is 5.32 Å². The van der Waals surface area contributed by atoms with E-state index in [4.69, 9.17) is 17.3 Å². The number of piperidine rings is 1. The van der Waals surface area contributed by atoms with Crippen molar-refractivity contribution >= 4 is 23.2 Å². The van der Waals surface area contributed by atoms with Crippen LogP contribution >= 0.6 is 11.6 Å². The highest BCUT2D eigenvalue weighted by molar-refractivity contribution is 6.31. The smallest absolute Gasteiger partial charge is 0.242 e. The number of amides is 1. The summed E-state index contributed by atoms with van der Waals surface area (Å²) in [5.41, 5.74) is 7.71. The van der Waals surface area contributed by atoms with Crippen LogP contribution in [0.4, 0.5) is 5.69 Å². The van der Waals surface area contributed by atoms with Gasteiger partial charge in [-0.15, -0.1) is 0 Å². The number of nitrogens with one attached hydrogen (secondary N) is 1. The predicted molar refractivity (Wildman–Crippen MR) is 78.4 cm³/mol. The quantitative estimate of drug-likeness (QED) is 0.890. The van der Waals surface area contributed by atoms with Crippen molar-refractivity contribution in [2.75, 3.05) is 18.5 Å². The zero-order chi connectivity index (χ0) is 13.8. The average Bonchev–Trinajstić information content (AvgIpc) is 2.46. The van der Waals surface area contributed by atoms with E-state index in [0.29, 0.717) is 11.6 Å². The number of benzene rings is 1. The van der Waals surface area contributed by atoms with Crippen molar-refractivity contribution in [3.05, 3.63) is 28.8 Å². The molecule has 1 aromatic rings. The van der Waals surface area contributed by atoms with Crippen molar-refractivity contribution < 1.29 is 4.79 Å². The van der Waals surface area contributed by atoms with Gasteiger partial charge < -0.3 is 16.0 Å². The molecule has 1 fully saturated rings. The third-order valence-electron chi connectivity index (χ3n) is 3.66. The Hall–Kier alpha value is -1.26. The van der Waals surface area contributed by atoms with Crippen molar-refractivity contribution in [3.8, 4) is 0 Å². The zero-order valence-corrected chi connectivity index (χ0v) is 11.9. The minimum atomic E-state index is -0.123. The van der Waals surface area contributed by atoms with Crippen LogP contribution in [-0.2, 0) is 11.3 Å². The molecule has 3 N–H and O–H groups in total. The Kier molecular flexibility index (Phi) is 4.66. The molecular formula is C14H20ClN3O. The maximum atomic E-state index is 12.0. The first-order chi connectivity index (χ1) is 9.19. The molecule has 0 spiro atoms. The van der Waals surface area contributed by atoms with Crippen LogP contribution in [0, 0.1) is 0 Å². The first-order valence-electron chi connectivity index (χ1n) is 6.64. The summed E-state index contributed by atoms with van der Waals surface area (Å²) in [7, 11) is 1.68. The second-order valence-electron chi connectivity index (χ2n) is 4.76. The standard InChI is InChI=1S/C14H20ClN3O/c1-17-14(19)13-6-2-3-8-18(13)12-7-4-5-11(15)10(12)9-16/h4-5,7,13H,2-3,6,8-9,16H2,1H3,(H,17,19). The first kappa shape index (κ1) is 14.2. The van der Waals surface area contributed by atoms with E-state index in [2.05, 4.69) is 10.2 Å². The summed E-state index contributed by atoms with van der Waals surface area (Å²) < 4.78 is 0. The van der Waals surface area contributed by atoms with Gasteiger partial charge in [-0.1, -0.05) is 17.7 Å². The van der Waals surface area contributed by atoms with Crippen LogP contribution in [0.3, 0.4) is 0 Å². The highest BCUT2D eigenvalue weighted by Gasteiger charge is 2.29. The molecule has 1 saturated heterocycles. The second-order valence-corrected chi connectivity index (χ2v) is 5.17. The van der Waals surface area contributed by atoms with Crippen LogP contribution in [0.15, 0.2) is 18.2 Å². The van der Waals surface area contributed by atoms with Crippen LogP contribution in [0.1, 0.15) is 24.8 Å². The van der Waals surface area contributed by atoms with Gasteiger partial charge >= 0.3 is 0 Å². The van der Waals surface area contributed by atoms with Gasteiger partial charge in [0.2, 0.25) is 5.91 Å². The number of nitrogens with two attached hydrogens (primary N) is 1. The Bertz CT molecular complexity index is 464. The van der Waals surface area contributed by atoms with Gasteiger partial charge in [0.1, 0.15) is 6.04 Å². The number of nitrogens with zero attached hydrogens (tertiary/aromatic N) is 1. The molecular weight excluding hydrogens is 262 g/mol. The Labute approximate surface area is 118 Å². The number of hydrogen-bond donors (Lipinski definition) is 2. The predicted octanol–water partition coefficient (Wildman–Crippen LogP) is 1.90. The fourth-order valence-electron chi connectivity index (χ4n) is 2.68. The first-order valence-corrected chi connectivity index (χ1v) is 7.02. The Morgan fingerprint density at radius 2 is 2.32 bits per heavy atom. The Balaban J connectivity index is 2.37. The average molecular weight is 282 g/mol. The minimum Gasteiger partial charge on any atom is -0.359 e. The Morgan fingerprint density at radius 3 is 3.00 bits per heavy atom. The topological polar surface area (TPSA) is 58.4 Å². The van der Waals surface area contributed by atoms with Crippen LogP contribution in [0.25, 0.3) is 0 Å². The lowest BCUT2D eigenvalue weighted by Crippen LogP contribution is -2.49. The van der Waals surface area contributed by atoms with Gasteiger partial charge in [-0.05, 0) is 31.4 Å². The van der Waals surface area contributed by atoms with E-state index in [1.807, 2.05) is 18.2 Å². The molecule has 0 radical (unpaired) electrons. The summed E-state index contributed by atoms with van der Waals surface area (Å²) in [6.45, 7) is 1.25. The molecule has 1 amide bonds. The SMILES string of the molecule is CNC(=O)C1CCCCN1c1cccc(Cl)c1CN. The third-order valence-corrected chi connectivity index (χ3v) is 4.01. The van der Waals surface area contributed by atoms with Crippen molar-refractivity contribution in [3.63, 3.8) is 0 Å². The molecule has 1 atom stereocenters. The normalized spacial score (nSPS) is 19.3. The maximum absolute atomic E-state index is 12.0. The third kappa shape index (κ3) is 2.85. The lowest BCUT2D eigenvalue weighted by atomic mass is 9.99. The molecule has 0 aliphatic carbocycles. The van der Waals surface area contributed by atoms with Gasteiger partial charge in [0.05, 0.1) is 0 Å². The van der Waals surface area contributed by atoms with E-state index in [1.165, 1.54) is 0 Å². The molecule has 2 rings (SSSR count). The second kappa shape index (κ2) is 6.26. The highest BCUT2D eigenvalue weighted by atomic mass is 35.5. The largest absolute Gasteiger partial charge is 0.359 e. The number of hydrogen-bond acceptors (Lipinski definition) is 3. The number of carbonyl (C=O) groups is 1. The zero-order valence-electron chi connectivity index (χ0n) is 11.2.